The molecule has 0 aliphatic carbocycles. The predicted molar refractivity (Wildman–Crippen MR) is 90.9 cm³/mol. The number of anilines is 1. The zero-order chi connectivity index (χ0) is 16.9. The molecule has 0 bridgehead atoms. The van der Waals surface area contributed by atoms with Crippen LogP contribution in [0.15, 0.2) is 59.7 Å². The summed E-state index contributed by atoms with van der Waals surface area (Å²) in [4.78, 5) is 24.2. The van der Waals surface area contributed by atoms with E-state index in [4.69, 9.17) is 4.74 Å². The van der Waals surface area contributed by atoms with Crippen molar-refractivity contribution in [3.63, 3.8) is 0 Å². The van der Waals surface area contributed by atoms with Crippen LogP contribution >= 0.6 is 0 Å². The highest BCUT2D eigenvalue weighted by molar-refractivity contribution is 6.18. The zero-order valence-corrected chi connectivity index (χ0v) is 13.2. The molecule has 0 saturated carbocycles. The minimum absolute atomic E-state index is 0.246. The molecule has 1 heterocycles. The lowest BCUT2D eigenvalue weighted by molar-refractivity contribution is -0.143. The largest absolute Gasteiger partial charge is 0.465 e. The minimum Gasteiger partial charge on any atom is -0.465 e. The van der Waals surface area contributed by atoms with Crippen LogP contribution in [-0.4, -0.2) is 35.9 Å². The lowest BCUT2D eigenvalue weighted by atomic mass is 10.0. The molecule has 1 N–H and O–H groups in total. The van der Waals surface area contributed by atoms with Gasteiger partial charge in [-0.05, 0) is 13.0 Å². The maximum atomic E-state index is 12.4. The molecule has 0 unspecified atom stereocenters. The number of fused-ring (bicyclic) bond motifs is 1. The molecule has 0 aromatic heterocycles. The normalized spacial score (nSPS) is 13.5. The number of hydrogen-bond donors (Lipinski definition) is 1. The van der Waals surface area contributed by atoms with E-state index in [2.05, 4.69) is 10.4 Å². The van der Waals surface area contributed by atoms with Gasteiger partial charge in [0.05, 0.1) is 12.3 Å². The molecule has 2 amide bonds. The Labute approximate surface area is 139 Å². The Kier molecular flexibility index (Phi) is 4.56. The Bertz CT molecular complexity index is 787. The Balaban J connectivity index is 2.05. The predicted octanol–water partition coefficient (Wildman–Crippen LogP) is 2.85. The van der Waals surface area contributed by atoms with E-state index < -0.39 is 12.0 Å². The number of rotatable bonds is 4. The van der Waals surface area contributed by atoms with Crippen molar-refractivity contribution in [1.29, 1.82) is 0 Å². The highest BCUT2D eigenvalue weighted by Crippen LogP contribution is 2.23. The maximum absolute atomic E-state index is 12.4. The number of nitrogens with zero attached hydrogens (tertiary/aromatic N) is 2. The van der Waals surface area contributed by atoms with Gasteiger partial charge in [0.2, 0.25) is 0 Å². The number of nitrogens with one attached hydrogen (secondary N) is 1. The Morgan fingerprint density at radius 2 is 1.83 bits per heavy atom. The number of esters is 1. The summed E-state index contributed by atoms with van der Waals surface area (Å²) in [6.45, 7) is 1.72. The van der Waals surface area contributed by atoms with Gasteiger partial charge in [0.15, 0.2) is 0 Å². The average Bonchev–Trinajstić information content (AvgIpc) is 2.73. The molecule has 122 valence electrons. The number of hydrazone groups is 1. The van der Waals surface area contributed by atoms with Crippen LogP contribution in [0.2, 0.25) is 0 Å². The van der Waals surface area contributed by atoms with E-state index in [0.29, 0.717) is 11.4 Å². The second-order valence-corrected chi connectivity index (χ2v) is 5.15. The van der Waals surface area contributed by atoms with E-state index in [9.17, 15) is 9.59 Å². The molecule has 0 fully saturated rings. The first kappa shape index (κ1) is 15.7. The number of amides is 2. The van der Waals surface area contributed by atoms with E-state index in [-0.39, 0.29) is 13.2 Å². The van der Waals surface area contributed by atoms with E-state index >= 15 is 0 Å². The van der Waals surface area contributed by atoms with Crippen molar-refractivity contribution in [2.45, 2.75) is 6.92 Å². The van der Waals surface area contributed by atoms with Gasteiger partial charge < -0.3 is 10.1 Å². The summed E-state index contributed by atoms with van der Waals surface area (Å²) in [5.41, 5.74) is 2.92. The Hall–Kier alpha value is -3.15. The zero-order valence-electron chi connectivity index (χ0n) is 13.2. The van der Waals surface area contributed by atoms with Crippen LogP contribution in [-0.2, 0) is 9.53 Å². The summed E-state index contributed by atoms with van der Waals surface area (Å²) in [5.74, 6) is -0.505. The van der Waals surface area contributed by atoms with Crippen molar-refractivity contribution in [2.24, 2.45) is 5.10 Å². The summed E-state index contributed by atoms with van der Waals surface area (Å²) in [7, 11) is 0. The third-order valence-electron chi connectivity index (χ3n) is 3.51. The summed E-state index contributed by atoms with van der Waals surface area (Å²) >= 11 is 0. The summed E-state index contributed by atoms with van der Waals surface area (Å²) in [5, 5.41) is 8.31. The first-order chi connectivity index (χ1) is 11.7. The fraction of sp³-hybridized carbons (Fsp3) is 0.167. The van der Waals surface area contributed by atoms with Gasteiger partial charge in [-0.1, -0.05) is 48.5 Å². The monoisotopic (exact) mass is 323 g/mol. The Morgan fingerprint density at radius 1 is 1.12 bits per heavy atom. The fourth-order valence-electron chi connectivity index (χ4n) is 2.44. The quantitative estimate of drug-likeness (QED) is 0.880. The van der Waals surface area contributed by atoms with Crippen LogP contribution in [0.3, 0.4) is 0 Å². The number of benzene rings is 2. The van der Waals surface area contributed by atoms with Crippen molar-refractivity contribution < 1.29 is 14.3 Å². The van der Waals surface area contributed by atoms with Gasteiger partial charge in [0, 0.05) is 11.1 Å². The third kappa shape index (κ3) is 3.27. The average molecular weight is 323 g/mol. The molecule has 6 heteroatoms. The second kappa shape index (κ2) is 6.95. The first-order valence-corrected chi connectivity index (χ1v) is 7.66. The van der Waals surface area contributed by atoms with Crippen molar-refractivity contribution in [1.82, 2.24) is 5.01 Å². The van der Waals surface area contributed by atoms with E-state index in [0.717, 1.165) is 16.1 Å². The second-order valence-electron chi connectivity index (χ2n) is 5.15. The molecule has 0 atom stereocenters. The van der Waals surface area contributed by atoms with Gasteiger partial charge in [-0.3, -0.25) is 4.79 Å². The van der Waals surface area contributed by atoms with Crippen LogP contribution < -0.4 is 5.32 Å². The van der Waals surface area contributed by atoms with Crippen LogP contribution in [0.25, 0.3) is 0 Å². The molecular weight excluding hydrogens is 306 g/mol. The standard InChI is InChI=1S/C18H17N3O3/c1-2-24-16(22)12-21-18(23)19-15-11-7-6-10-14(15)17(20-21)13-8-4-3-5-9-13/h3-11H,2,12H2,1H3,(H,19,23). The molecule has 2 aromatic carbocycles. The molecule has 2 aromatic rings. The Morgan fingerprint density at radius 3 is 2.58 bits per heavy atom. The molecule has 0 radical (unpaired) electrons. The van der Waals surface area contributed by atoms with E-state index in [1.165, 1.54) is 0 Å². The maximum Gasteiger partial charge on any atom is 0.342 e. The van der Waals surface area contributed by atoms with Crippen LogP contribution in [0.1, 0.15) is 18.1 Å². The molecule has 3 rings (SSSR count). The van der Waals surface area contributed by atoms with E-state index in [1.54, 1.807) is 13.0 Å². The van der Waals surface area contributed by atoms with Crippen molar-refractivity contribution in [3.05, 3.63) is 65.7 Å². The SMILES string of the molecule is CCOC(=O)CN1N=C(c2ccccc2)c2ccccc2NC1=O. The highest BCUT2D eigenvalue weighted by atomic mass is 16.5. The van der Waals surface area contributed by atoms with Crippen molar-refractivity contribution in [2.75, 3.05) is 18.5 Å². The van der Waals surface area contributed by atoms with Gasteiger partial charge in [-0.15, -0.1) is 0 Å². The number of carbonyl (C=O) groups is 2. The van der Waals surface area contributed by atoms with Gasteiger partial charge in [-0.25, -0.2) is 9.80 Å². The summed E-state index contributed by atoms with van der Waals surface area (Å²) in [6, 6.07) is 16.5. The van der Waals surface area contributed by atoms with Gasteiger partial charge in [0.25, 0.3) is 0 Å². The minimum atomic E-state index is -0.505. The molecular formula is C18H17N3O3. The van der Waals surface area contributed by atoms with Crippen molar-refractivity contribution in [3.8, 4) is 0 Å². The smallest absolute Gasteiger partial charge is 0.342 e. The van der Waals surface area contributed by atoms with Crippen LogP contribution in [0.4, 0.5) is 10.5 Å². The van der Waals surface area contributed by atoms with E-state index in [1.807, 2.05) is 48.5 Å². The van der Waals surface area contributed by atoms with Crippen LogP contribution in [0.5, 0.6) is 0 Å². The summed E-state index contributed by atoms with van der Waals surface area (Å²) in [6.07, 6.45) is 0. The molecule has 24 heavy (non-hydrogen) atoms. The number of hydrogen-bond acceptors (Lipinski definition) is 4. The molecule has 1 aliphatic heterocycles. The molecule has 0 spiro atoms. The number of ether oxygens (including phenoxy) is 1. The van der Waals surface area contributed by atoms with Gasteiger partial charge >= 0.3 is 12.0 Å². The number of urea groups is 1. The molecule has 6 nitrogen and oxygen atoms in total. The summed E-state index contributed by atoms with van der Waals surface area (Å²) < 4.78 is 4.92. The highest BCUT2D eigenvalue weighted by Gasteiger charge is 2.25. The topological polar surface area (TPSA) is 71.0 Å². The van der Waals surface area contributed by atoms with Crippen molar-refractivity contribution >= 4 is 23.4 Å². The van der Waals surface area contributed by atoms with Crippen LogP contribution in [0, 0.1) is 0 Å². The molecule has 1 aliphatic rings. The van der Waals surface area contributed by atoms with Gasteiger partial charge in [-0.2, -0.15) is 5.10 Å². The first-order valence-electron chi connectivity index (χ1n) is 7.66. The molecule has 0 saturated heterocycles. The fourth-order valence-corrected chi connectivity index (χ4v) is 2.44. The number of para-hydroxylation sites is 1. The lowest BCUT2D eigenvalue weighted by Crippen LogP contribution is -2.35. The van der Waals surface area contributed by atoms with Gasteiger partial charge in [0.1, 0.15) is 12.3 Å². The lowest BCUT2D eigenvalue weighted by Gasteiger charge is -2.15. The third-order valence-corrected chi connectivity index (χ3v) is 3.51. The number of carbonyl (C=O) groups excluding carboxylic acids is 2.